The lowest BCUT2D eigenvalue weighted by Crippen LogP contribution is -2.31. The first-order valence-electron chi connectivity index (χ1n) is 6.15. The molecule has 106 valence electrons. The molecule has 1 unspecified atom stereocenters. The van der Waals surface area contributed by atoms with Gasteiger partial charge in [0.1, 0.15) is 0 Å². The van der Waals surface area contributed by atoms with E-state index in [1.54, 1.807) is 6.07 Å². The highest BCUT2D eigenvalue weighted by Gasteiger charge is 2.10. The summed E-state index contributed by atoms with van der Waals surface area (Å²) in [5.41, 5.74) is 7.80. The van der Waals surface area contributed by atoms with Gasteiger partial charge in [-0.2, -0.15) is 0 Å². The number of benzene rings is 1. The van der Waals surface area contributed by atoms with Crippen LogP contribution in [0.4, 0.5) is 0 Å². The zero-order valence-electron chi connectivity index (χ0n) is 11.1. The molecule has 0 aromatic heterocycles. The summed E-state index contributed by atoms with van der Waals surface area (Å²) in [5.74, 6) is 0. The van der Waals surface area contributed by atoms with E-state index in [0.29, 0.717) is 29.8 Å². The second kappa shape index (κ2) is 8.56. The first kappa shape index (κ1) is 16.5. The summed E-state index contributed by atoms with van der Waals surface area (Å²) in [6.07, 6.45) is 0. The van der Waals surface area contributed by atoms with Crippen molar-refractivity contribution in [3.05, 3.63) is 46.0 Å². The molecule has 3 nitrogen and oxygen atoms in total. The van der Waals surface area contributed by atoms with Crippen LogP contribution in [0, 0.1) is 0 Å². The van der Waals surface area contributed by atoms with E-state index in [1.807, 2.05) is 19.1 Å². The first-order chi connectivity index (χ1) is 9.04. The highest BCUT2D eigenvalue weighted by atomic mass is 35.5. The van der Waals surface area contributed by atoms with Gasteiger partial charge >= 0.3 is 0 Å². The molecule has 0 aliphatic heterocycles. The Morgan fingerprint density at radius 1 is 1.42 bits per heavy atom. The largest absolute Gasteiger partial charge is 0.376 e. The summed E-state index contributed by atoms with van der Waals surface area (Å²) in [6.45, 7) is 8.12. The van der Waals surface area contributed by atoms with Crippen LogP contribution in [0.3, 0.4) is 0 Å². The van der Waals surface area contributed by atoms with Gasteiger partial charge in [-0.25, -0.2) is 0 Å². The van der Waals surface area contributed by atoms with Crippen LogP contribution >= 0.6 is 23.2 Å². The molecule has 0 spiro atoms. The molecule has 5 heteroatoms. The summed E-state index contributed by atoms with van der Waals surface area (Å²) >= 11 is 11.9. The topological polar surface area (TPSA) is 47.3 Å². The second-order valence-electron chi connectivity index (χ2n) is 4.43. The van der Waals surface area contributed by atoms with Crippen LogP contribution in [0.25, 0.3) is 0 Å². The lowest BCUT2D eigenvalue weighted by Gasteiger charge is -2.18. The minimum Gasteiger partial charge on any atom is -0.376 e. The van der Waals surface area contributed by atoms with Gasteiger partial charge in [0.05, 0.1) is 23.3 Å². The number of ether oxygens (including phenoxy) is 1. The summed E-state index contributed by atoms with van der Waals surface area (Å²) in [5, 5.41) is 4.41. The minimum absolute atomic E-state index is 0.0446. The molecule has 1 aromatic rings. The van der Waals surface area contributed by atoms with Crippen LogP contribution < -0.4 is 11.1 Å². The van der Waals surface area contributed by atoms with Crippen LogP contribution in [0.1, 0.15) is 18.5 Å². The third-order valence-corrected chi connectivity index (χ3v) is 3.31. The van der Waals surface area contributed by atoms with Gasteiger partial charge in [-0.3, -0.25) is 0 Å². The van der Waals surface area contributed by atoms with Crippen LogP contribution in [-0.4, -0.2) is 26.3 Å². The Balaban J connectivity index is 2.44. The number of nitrogens with two attached hydrogens (primary N) is 1. The van der Waals surface area contributed by atoms with E-state index in [0.717, 1.165) is 17.7 Å². The van der Waals surface area contributed by atoms with Gasteiger partial charge in [0, 0.05) is 19.1 Å². The number of halogens is 2. The number of nitrogens with one attached hydrogen (secondary N) is 1. The van der Waals surface area contributed by atoms with E-state index < -0.39 is 0 Å². The van der Waals surface area contributed by atoms with E-state index in [4.69, 9.17) is 33.7 Å². The van der Waals surface area contributed by atoms with Crippen molar-refractivity contribution in [2.24, 2.45) is 5.73 Å². The Bertz CT molecular complexity index is 424. The SMILES string of the molecule is C=C(C)COCCNC(CN)c1ccc(Cl)c(Cl)c1. The minimum atomic E-state index is 0.0446. The Hall–Kier alpha value is -0.580. The quantitative estimate of drug-likeness (QED) is 0.573. The number of rotatable bonds is 8. The van der Waals surface area contributed by atoms with Crippen LogP contribution in [-0.2, 0) is 4.74 Å². The summed E-state index contributed by atoms with van der Waals surface area (Å²) < 4.78 is 5.42. The van der Waals surface area contributed by atoms with E-state index in [1.165, 1.54) is 0 Å². The average Bonchev–Trinajstić information content (AvgIpc) is 2.37. The molecule has 0 heterocycles. The van der Waals surface area contributed by atoms with Gasteiger partial charge in [-0.1, -0.05) is 41.4 Å². The van der Waals surface area contributed by atoms with E-state index in [-0.39, 0.29) is 6.04 Å². The van der Waals surface area contributed by atoms with Gasteiger partial charge in [0.25, 0.3) is 0 Å². The Kier molecular flexibility index (Phi) is 7.42. The third kappa shape index (κ3) is 5.93. The fourth-order valence-corrected chi connectivity index (χ4v) is 1.92. The zero-order chi connectivity index (χ0) is 14.3. The van der Waals surface area contributed by atoms with Crippen molar-refractivity contribution < 1.29 is 4.74 Å². The lowest BCUT2D eigenvalue weighted by atomic mass is 10.1. The van der Waals surface area contributed by atoms with Crippen molar-refractivity contribution in [3.8, 4) is 0 Å². The zero-order valence-corrected chi connectivity index (χ0v) is 12.6. The average molecular weight is 303 g/mol. The first-order valence-corrected chi connectivity index (χ1v) is 6.90. The molecule has 0 fully saturated rings. The fraction of sp³-hybridized carbons (Fsp3) is 0.429. The molecule has 0 radical (unpaired) electrons. The van der Waals surface area contributed by atoms with Gasteiger partial charge in [-0.15, -0.1) is 0 Å². The third-order valence-electron chi connectivity index (χ3n) is 2.57. The van der Waals surface area contributed by atoms with Crippen molar-refractivity contribution in [3.63, 3.8) is 0 Å². The molecule has 1 atom stereocenters. The van der Waals surface area contributed by atoms with Crippen LogP contribution in [0.2, 0.25) is 10.0 Å². The molecule has 0 bridgehead atoms. The monoisotopic (exact) mass is 302 g/mol. The molecule has 0 amide bonds. The maximum absolute atomic E-state index is 6.00. The number of hydrogen-bond donors (Lipinski definition) is 2. The standard InChI is InChI=1S/C14H20Cl2N2O/c1-10(2)9-19-6-5-18-14(8-17)11-3-4-12(15)13(16)7-11/h3-4,7,14,18H,1,5-6,8-9,17H2,2H3. The molecule has 0 saturated carbocycles. The summed E-state index contributed by atoms with van der Waals surface area (Å²) in [4.78, 5) is 0. The Morgan fingerprint density at radius 2 is 2.16 bits per heavy atom. The molecule has 0 aliphatic rings. The maximum Gasteiger partial charge on any atom is 0.0672 e. The summed E-state index contributed by atoms with van der Waals surface area (Å²) in [7, 11) is 0. The van der Waals surface area contributed by atoms with Gasteiger partial charge in [-0.05, 0) is 24.6 Å². The Morgan fingerprint density at radius 3 is 2.74 bits per heavy atom. The van der Waals surface area contributed by atoms with Crippen LogP contribution in [0.5, 0.6) is 0 Å². The van der Waals surface area contributed by atoms with Gasteiger partial charge < -0.3 is 15.8 Å². The van der Waals surface area contributed by atoms with Crippen LogP contribution in [0.15, 0.2) is 30.4 Å². The van der Waals surface area contributed by atoms with E-state index >= 15 is 0 Å². The van der Waals surface area contributed by atoms with Crippen molar-refractivity contribution in [2.75, 3.05) is 26.3 Å². The molecule has 19 heavy (non-hydrogen) atoms. The molecule has 0 saturated heterocycles. The maximum atomic E-state index is 6.00. The molecule has 3 N–H and O–H groups in total. The highest BCUT2D eigenvalue weighted by molar-refractivity contribution is 6.42. The van der Waals surface area contributed by atoms with Crippen molar-refractivity contribution >= 4 is 23.2 Å². The van der Waals surface area contributed by atoms with Crippen molar-refractivity contribution in [2.45, 2.75) is 13.0 Å². The lowest BCUT2D eigenvalue weighted by molar-refractivity contribution is 0.155. The predicted molar refractivity (Wildman–Crippen MR) is 81.9 cm³/mol. The molecular weight excluding hydrogens is 283 g/mol. The molecule has 0 aliphatic carbocycles. The molecule has 1 aromatic carbocycles. The smallest absolute Gasteiger partial charge is 0.0672 e. The van der Waals surface area contributed by atoms with Crippen molar-refractivity contribution in [1.29, 1.82) is 0 Å². The fourth-order valence-electron chi connectivity index (χ4n) is 1.62. The van der Waals surface area contributed by atoms with Gasteiger partial charge in [0.15, 0.2) is 0 Å². The Labute approximate surface area is 124 Å². The predicted octanol–water partition coefficient (Wildman–Crippen LogP) is 3.18. The van der Waals surface area contributed by atoms with E-state index in [2.05, 4.69) is 11.9 Å². The second-order valence-corrected chi connectivity index (χ2v) is 5.24. The highest BCUT2D eigenvalue weighted by Crippen LogP contribution is 2.25. The number of hydrogen-bond acceptors (Lipinski definition) is 3. The normalized spacial score (nSPS) is 12.4. The van der Waals surface area contributed by atoms with E-state index in [9.17, 15) is 0 Å². The summed E-state index contributed by atoms with van der Waals surface area (Å²) in [6, 6.07) is 5.58. The molecule has 1 rings (SSSR count). The molecular formula is C14H20Cl2N2O. The van der Waals surface area contributed by atoms with Crippen molar-refractivity contribution in [1.82, 2.24) is 5.32 Å². The van der Waals surface area contributed by atoms with Gasteiger partial charge in [0.2, 0.25) is 0 Å².